The normalized spacial score (nSPS) is 30.2. The van der Waals surface area contributed by atoms with Crippen molar-refractivity contribution in [3.63, 3.8) is 0 Å². The van der Waals surface area contributed by atoms with Gasteiger partial charge in [0.15, 0.2) is 0 Å². The lowest BCUT2D eigenvalue weighted by atomic mass is 9.72. The Morgan fingerprint density at radius 3 is 2.38 bits per heavy atom. The fourth-order valence-electron chi connectivity index (χ4n) is 3.32. The van der Waals surface area contributed by atoms with Crippen molar-refractivity contribution in [2.24, 2.45) is 5.41 Å². The van der Waals surface area contributed by atoms with Crippen LogP contribution in [-0.2, 0) is 4.79 Å². The van der Waals surface area contributed by atoms with Crippen LogP contribution in [0, 0.1) is 5.41 Å². The van der Waals surface area contributed by atoms with Crippen LogP contribution in [0.15, 0.2) is 0 Å². The van der Waals surface area contributed by atoms with Crippen LogP contribution in [0.3, 0.4) is 0 Å². The summed E-state index contributed by atoms with van der Waals surface area (Å²) < 4.78 is 0. The van der Waals surface area contributed by atoms with Gasteiger partial charge in [-0.25, -0.2) is 0 Å². The molecule has 0 radical (unpaired) electrons. The Labute approximate surface area is 96.2 Å². The molecule has 1 spiro atoms. The van der Waals surface area contributed by atoms with Crippen molar-refractivity contribution >= 4 is 5.97 Å². The first-order chi connectivity index (χ1) is 7.67. The molecule has 90 valence electrons. The molecule has 0 aromatic heterocycles. The van der Waals surface area contributed by atoms with E-state index >= 15 is 0 Å². The van der Waals surface area contributed by atoms with E-state index in [1.165, 1.54) is 38.8 Å². The molecule has 2 aliphatic heterocycles. The Kier molecular flexibility index (Phi) is 2.44. The fourth-order valence-corrected chi connectivity index (χ4v) is 3.32. The average molecular weight is 224 g/mol. The molecule has 3 rings (SSSR count). The number of aliphatic carboxylic acids is 1. The molecule has 2 saturated heterocycles. The van der Waals surface area contributed by atoms with Crippen molar-refractivity contribution in [1.82, 2.24) is 9.80 Å². The van der Waals surface area contributed by atoms with Gasteiger partial charge in [-0.2, -0.15) is 0 Å². The van der Waals surface area contributed by atoms with E-state index in [9.17, 15) is 4.79 Å². The second-order valence-corrected chi connectivity index (χ2v) is 5.81. The molecule has 4 heteroatoms. The van der Waals surface area contributed by atoms with Gasteiger partial charge in [0.2, 0.25) is 0 Å². The molecule has 0 aromatic carbocycles. The summed E-state index contributed by atoms with van der Waals surface area (Å²) in [6.45, 7) is 4.74. The SMILES string of the molecule is O=C(O)CN1CC2(CCN(C3CC3)CC2)C1. The third-order valence-corrected chi connectivity index (χ3v) is 4.40. The molecule has 1 N–H and O–H groups in total. The molecule has 2 heterocycles. The summed E-state index contributed by atoms with van der Waals surface area (Å²) in [5.74, 6) is -0.690. The van der Waals surface area contributed by atoms with Crippen LogP contribution in [0.2, 0.25) is 0 Å². The molecule has 3 fully saturated rings. The van der Waals surface area contributed by atoms with Crippen LogP contribution >= 0.6 is 0 Å². The van der Waals surface area contributed by atoms with Crippen molar-refractivity contribution in [2.45, 2.75) is 31.7 Å². The molecule has 3 aliphatic rings. The quantitative estimate of drug-likeness (QED) is 0.763. The second-order valence-electron chi connectivity index (χ2n) is 5.81. The summed E-state index contributed by atoms with van der Waals surface area (Å²) in [6, 6.07) is 0.896. The van der Waals surface area contributed by atoms with E-state index in [0.29, 0.717) is 5.41 Å². The van der Waals surface area contributed by atoms with E-state index in [-0.39, 0.29) is 6.54 Å². The zero-order valence-electron chi connectivity index (χ0n) is 9.69. The molecule has 4 nitrogen and oxygen atoms in total. The van der Waals surface area contributed by atoms with E-state index in [4.69, 9.17) is 5.11 Å². The number of carboxylic acids is 1. The number of hydrogen-bond acceptors (Lipinski definition) is 3. The van der Waals surface area contributed by atoms with Gasteiger partial charge in [-0.15, -0.1) is 0 Å². The first-order valence-electron chi connectivity index (χ1n) is 6.35. The predicted octanol–water partition coefficient (Wildman–Crippen LogP) is 0.631. The molecular formula is C12H20N2O2. The summed E-state index contributed by atoms with van der Waals surface area (Å²) >= 11 is 0. The number of carboxylic acid groups (broad SMARTS) is 1. The monoisotopic (exact) mass is 224 g/mol. The van der Waals surface area contributed by atoms with E-state index in [0.717, 1.165) is 19.1 Å². The number of piperidine rings is 1. The maximum atomic E-state index is 10.6. The lowest BCUT2D eigenvalue weighted by Gasteiger charge is -2.53. The van der Waals surface area contributed by atoms with Crippen LogP contribution in [0.25, 0.3) is 0 Å². The molecule has 0 atom stereocenters. The molecule has 0 unspecified atom stereocenters. The zero-order valence-corrected chi connectivity index (χ0v) is 9.69. The summed E-state index contributed by atoms with van der Waals surface area (Å²) in [5, 5.41) is 8.71. The topological polar surface area (TPSA) is 43.8 Å². The minimum atomic E-state index is -0.690. The largest absolute Gasteiger partial charge is 0.480 e. The highest BCUT2D eigenvalue weighted by Gasteiger charge is 2.46. The van der Waals surface area contributed by atoms with E-state index in [2.05, 4.69) is 9.80 Å². The summed E-state index contributed by atoms with van der Waals surface area (Å²) in [5.41, 5.74) is 0.473. The Bertz CT molecular complexity index is 285. The minimum Gasteiger partial charge on any atom is -0.480 e. The van der Waals surface area contributed by atoms with Gasteiger partial charge >= 0.3 is 5.97 Å². The number of nitrogens with zero attached hydrogens (tertiary/aromatic N) is 2. The smallest absolute Gasteiger partial charge is 0.317 e. The van der Waals surface area contributed by atoms with Gasteiger partial charge in [-0.3, -0.25) is 9.69 Å². The molecule has 0 aromatic rings. The fraction of sp³-hybridized carbons (Fsp3) is 0.917. The third kappa shape index (κ3) is 1.96. The number of hydrogen-bond donors (Lipinski definition) is 1. The van der Waals surface area contributed by atoms with E-state index in [1.807, 2.05) is 0 Å². The Morgan fingerprint density at radius 2 is 1.88 bits per heavy atom. The van der Waals surface area contributed by atoms with Gasteiger partial charge in [-0.1, -0.05) is 0 Å². The highest BCUT2D eigenvalue weighted by molar-refractivity contribution is 5.69. The number of rotatable bonds is 3. The van der Waals surface area contributed by atoms with Crippen LogP contribution in [0.5, 0.6) is 0 Å². The summed E-state index contributed by atoms with van der Waals surface area (Å²) in [7, 11) is 0. The molecule has 1 saturated carbocycles. The average Bonchev–Trinajstić information content (AvgIpc) is 2.99. The Hall–Kier alpha value is -0.610. The standard InChI is InChI=1S/C12H20N2O2/c15-11(16)7-13-8-12(9-13)3-5-14(6-4-12)10-1-2-10/h10H,1-9H2,(H,15,16). The van der Waals surface area contributed by atoms with E-state index in [1.54, 1.807) is 0 Å². The summed E-state index contributed by atoms with van der Waals surface area (Å²) in [4.78, 5) is 15.3. The van der Waals surface area contributed by atoms with Crippen molar-refractivity contribution in [2.75, 3.05) is 32.7 Å². The van der Waals surface area contributed by atoms with Gasteiger partial charge in [0.05, 0.1) is 6.54 Å². The molecule has 16 heavy (non-hydrogen) atoms. The first kappa shape index (κ1) is 10.5. The lowest BCUT2D eigenvalue weighted by Crippen LogP contribution is -2.61. The molecule has 1 aliphatic carbocycles. The highest BCUT2D eigenvalue weighted by atomic mass is 16.4. The molecular weight excluding hydrogens is 204 g/mol. The maximum absolute atomic E-state index is 10.6. The van der Waals surface area contributed by atoms with Gasteiger partial charge in [0.1, 0.15) is 0 Å². The highest BCUT2D eigenvalue weighted by Crippen LogP contribution is 2.42. The van der Waals surface area contributed by atoms with Gasteiger partial charge in [0, 0.05) is 19.1 Å². The maximum Gasteiger partial charge on any atom is 0.317 e. The third-order valence-electron chi connectivity index (χ3n) is 4.40. The minimum absolute atomic E-state index is 0.230. The lowest BCUT2D eigenvalue weighted by molar-refractivity contribution is -0.143. The van der Waals surface area contributed by atoms with Crippen molar-refractivity contribution in [3.05, 3.63) is 0 Å². The van der Waals surface area contributed by atoms with E-state index < -0.39 is 5.97 Å². The Balaban J connectivity index is 1.46. The van der Waals surface area contributed by atoms with Crippen molar-refractivity contribution in [3.8, 4) is 0 Å². The molecule has 0 amide bonds. The summed E-state index contributed by atoms with van der Waals surface area (Å²) in [6.07, 6.45) is 5.36. The number of carbonyl (C=O) groups is 1. The predicted molar refractivity (Wildman–Crippen MR) is 60.3 cm³/mol. The van der Waals surface area contributed by atoms with Crippen LogP contribution in [0.1, 0.15) is 25.7 Å². The van der Waals surface area contributed by atoms with Crippen molar-refractivity contribution in [1.29, 1.82) is 0 Å². The number of likely N-dealkylation sites (tertiary alicyclic amines) is 2. The van der Waals surface area contributed by atoms with Crippen LogP contribution in [0.4, 0.5) is 0 Å². The Morgan fingerprint density at radius 1 is 1.25 bits per heavy atom. The zero-order chi connectivity index (χ0) is 11.2. The van der Waals surface area contributed by atoms with Crippen LogP contribution < -0.4 is 0 Å². The molecule has 0 bridgehead atoms. The second kappa shape index (κ2) is 3.70. The van der Waals surface area contributed by atoms with Gasteiger partial charge in [0.25, 0.3) is 0 Å². The van der Waals surface area contributed by atoms with Crippen molar-refractivity contribution < 1.29 is 9.90 Å². The first-order valence-corrected chi connectivity index (χ1v) is 6.35. The van der Waals surface area contributed by atoms with Gasteiger partial charge in [-0.05, 0) is 44.2 Å². The van der Waals surface area contributed by atoms with Crippen LogP contribution in [-0.4, -0.2) is 59.6 Å². The van der Waals surface area contributed by atoms with Gasteiger partial charge < -0.3 is 10.0 Å².